The van der Waals surface area contributed by atoms with Crippen LogP contribution in [0.2, 0.25) is 0 Å². The number of aliphatic hydroxyl groups is 1. The fraction of sp³-hybridized carbons (Fsp3) is 0.951. The van der Waals surface area contributed by atoms with Crippen LogP contribution in [-0.4, -0.2) is 96.7 Å². The second kappa shape index (κ2) is 73.6. The number of carbonyl (C=O) groups excluding carboxylic acids is 4. The highest BCUT2D eigenvalue weighted by atomic mass is 31.2. The lowest BCUT2D eigenvalue weighted by atomic mass is 9.99. The molecule has 0 aromatic carbocycles. The Hall–Kier alpha value is -1.94. The topological polar surface area (TPSA) is 237 Å². The smallest absolute Gasteiger partial charge is 0.462 e. The van der Waals surface area contributed by atoms with Crippen molar-refractivity contribution in [3.63, 3.8) is 0 Å². The molecule has 6 atom stereocenters. The molecule has 3 N–H and O–H groups in total. The number of carbonyl (C=O) groups is 4. The van der Waals surface area contributed by atoms with Crippen molar-refractivity contribution in [1.29, 1.82) is 0 Å². The molecule has 3 unspecified atom stereocenters. The Kier molecular flexibility index (Phi) is 72.2. The van der Waals surface area contributed by atoms with Gasteiger partial charge in [-0.2, -0.15) is 0 Å². The van der Waals surface area contributed by atoms with Crippen molar-refractivity contribution < 1.29 is 80.2 Å². The van der Waals surface area contributed by atoms with E-state index in [9.17, 15) is 43.2 Å². The molecule has 0 aromatic heterocycles. The first-order chi connectivity index (χ1) is 48.9. The Morgan fingerprint density at radius 3 is 0.752 bits per heavy atom. The molecule has 0 aliphatic rings. The molecule has 0 amide bonds. The van der Waals surface area contributed by atoms with Crippen molar-refractivity contribution in [2.75, 3.05) is 39.6 Å². The number of hydrogen-bond acceptors (Lipinski definition) is 15. The monoisotopic (exact) mass is 1480 g/mol. The van der Waals surface area contributed by atoms with Crippen molar-refractivity contribution in [2.45, 2.75) is 452 Å². The van der Waals surface area contributed by atoms with Crippen molar-refractivity contribution in [3.05, 3.63) is 0 Å². The third-order valence-electron chi connectivity index (χ3n) is 19.6. The number of phosphoric ester groups is 2. The summed E-state index contributed by atoms with van der Waals surface area (Å²) >= 11 is 0. The second-order valence-corrected chi connectivity index (χ2v) is 33.1. The van der Waals surface area contributed by atoms with E-state index in [1.807, 2.05) is 0 Å². The van der Waals surface area contributed by atoms with E-state index in [1.165, 1.54) is 250 Å². The number of phosphoric acid groups is 2. The summed E-state index contributed by atoms with van der Waals surface area (Å²) in [5.74, 6) is -0.521. The van der Waals surface area contributed by atoms with Crippen molar-refractivity contribution >= 4 is 39.5 Å². The Bertz CT molecular complexity index is 1940. The average molecular weight is 1480 g/mol. The van der Waals surface area contributed by atoms with Crippen LogP contribution in [0.15, 0.2) is 0 Å². The largest absolute Gasteiger partial charge is 0.472 e. The molecule has 0 aliphatic carbocycles. The summed E-state index contributed by atoms with van der Waals surface area (Å²) in [5.41, 5.74) is 0. The number of ether oxygens (including phenoxy) is 4. The summed E-state index contributed by atoms with van der Waals surface area (Å²) in [5, 5.41) is 10.6. The van der Waals surface area contributed by atoms with Gasteiger partial charge in [0.2, 0.25) is 0 Å². The lowest BCUT2D eigenvalue weighted by molar-refractivity contribution is -0.161. The van der Waals surface area contributed by atoms with E-state index in [2.05, 4.69) is 41.5 Å². The SMILES string of the molecule is CCCCCCCCCCCCCCCCCCCCCC(=O)OC[C@H](COP(=O)(O)OC[C@@H](O)COP(=O)(O)OC[C@@H](COC(=O)CCCCCCCCCCC)OC(=O)CCCCCCCCCCC(C)CC)OC(=O)CCCCCCCCCCCCCCCCCCCCC(C)C. The van der Waals surface area contributed by atoms with Crippen LogP contribution in [0.4, 0.5) is 0 Å². The maximum absolute atomic E-state index is 13.1. The summed E-state index contributed by atoms with van der Waals surface area (Å²) in [4.78, 5) is 73.0. The molecule has 0 rings (SSSR count). The lowest BCUT2D eigenvalue weighted by Crippen LogP contribution is -2.30. The predicted octanol–water partition coefficient (Wildman–Crippen LogP) is 24.7. The second-order valence-electron chi connectivity index (χ2n) is 30.2. The van der Waals surface area contributed by atoms with Crippen molar-refractivity contribution in [1.82, 2.24) is 0 Å². The molecule has 0 spiro atoms. The molecule has 0 bridgehead atoms. The summed E-state index contributed by atoms with van der Waals surface area (Å²) in [6, 6.07) is 0. The van der Waals surface area contributed by atoms with Crippen LogP contribution < -0.4 is 0 Å². The molecule has 0 aliphatic heterocycles. The van der Waals surface area contributed by atoms with Gasteiger partial charge >= 0.3 is 39.5 Å². The molecule has 0 radical (unpaired) electrons. The summed E-state index contributed by atoms with van der Waals surface area (Å²) in [6.45, 7) is 9.65. The van der Waals surface area contributed by atoms with Crippen LogP contribution in [0, 0.1) is 11.8 Å². The van der Waals surface area contributed by atoms with Gasteiger partial charge in [0.25, 0.3) is 0 Å². The lowest BCUT2D eigenvalue weighted by Gasteiger charge is -2.21. The molecule has 101 heavy (non-hydrogen) atoms. The van der Waals surface area contributed by atoms with E-state index in [0.717, 1.165) is 102 Å². The fourth-order valence-electron chi connectivity index (χ4n) is 12.7. The highest BCUT2D eigenvalue weighted by Crippen LogP contribution is 2.45. The molecular weight excluding hydrogens is 1320 g/mol. The van der Waals surface area contributed by atoms with Gasteiger partial charge < -0.3 is 33.8 Å². The Morgan fingerprint density at radius 1 is 0.287 bits per heavy atom. The molecule has 0 heterocycles. The maximum atomic E-state index is 13.1. The van der Waals surface area contributed by atoms with E-state index < -0.39 is 97.5 Å². The van der Waals surface area contributed by atoms with Gasteiger partial charge in [-0.25, -0.2) is 9.13 Å². The van der Waals surface area contributed by atoms with Gasteiger partial charge in [0.1, 0.15) is 19.3 Å². The van der Waals surface area contributed by atoms with Crippen LogP contribution in [0.5, 0.6) is 0 Å². The molecule has 600 valence electrons. The third-order valence-corrected chi connectivity index (χ3v) is 21.5. The van der Waals surface area contributed by atoms with Crippen molar-refractivity contribution in [3.8, 4) is 0 Å². The standard InChI is InChI=1S/C82H160O17P2/c1-7-10-12-14-16-18-19-20-21-22-23-27-30-33-36-40-47-53-59-65-80(85)93-71-77(98-81(86)66-60-54-48-41-37-34-31-28-25-24-26-29-32-35-39-44-50-56-62-74(4)5)72-96-100(88,89)94-68-76(83)69-95-101(90,91)97-73-78(70-92-79(84)64-58-52-46-38-17-15-13-11-8-2)99-82(87)67-61-55-49-43-42-45-51-57-63-75(6)9-3/h74-78,83H,7-73H2,1-6H3,(H,88,89)(H,90,91)/t75?,76-,77-,78-/m1/s1. The van der Waals surface area contributed by atoms with Gasteiger partial charge in [0, 0.05) is 25.7 Å². The van der Waals surface area contributed by atoms with Crippen LogP contribution in [0.1, 0.15) is 433 Å². The Balaban J connectivity index is 5.20. The van der Waals surface area contributed by atoms with Gasteiger partial charge in [0.15, 0.2) is 12.2 Å². The number of esters is 4. The molecule has 19 heteroatoms. The molecule has 0 saturated carbocycles. The Morgan fingerprint density at radius 2 is 0.505 bits per heavy atom. The first kappa shape index (κ1) is 99.1. The fourth-order valence-corrected chi connectivity index (χ4v) is 14.3. The van der Waals surface area contributed by atoms with Crippen LogP contribution in [-0.2, 0) is 65.4 Å². The van der Waals surface area contributed by atoms with E-state index in [-0.39, 0.29) is 25.7 Å². The van der Waals surface area contributed by atoms with Gasteiger partial charge in [-0.05, 0) is 37.5 Å². The molecule has 0 aromatic rings. The normalized spacial score (nSPS) is 14.2. The van der Waals surface area contributed by atoms with Crippen LogP contribution in [0.3, 0.4) is 0 Å². The minimum absolute atomic E-state index is 0.105. The van der Waals surface area contributed by atoms with E-state index in [0.29, 0.717) is 25.7 Å². The summed E-state index contributed by atoms with van der Waals surface area (Å²) in [6.07, 6.45) is 63.9. The van der Waals surface area contributed by atoms with Crippen LogP contribution in [0.25, 0.3) is 0 Å². The minimum Gasteiger partial charge on any atom is -0.462 e. The Labute approximate surface area is 619 Å². The summed E-state index contributed by atoms with van der Waals surface area (Å²) < 4.78 is 68.7. The van der Waals surface area contributed by atoms with Gasteiger partial charge in [-0.1, -0.05) is 382 Å². The third kappa shape index (κ3) is 74.7. The van der Waals surface area contributed by atoms with E-state index >= 15 is 0 Å². The highest BCUT2D eigenvalue weighted by Gasteiger charge is 2.30. The molecule has 0 saturated heterocycles. The molecule has 0 fully saturated rings. The molecular formula is C82H160O17P2. The summed E-state index contributed by atoms with van der Waals surface area (Å²) in [7, 11) is -9.92. The highest BCUT2D eigenvalue weighted by molar-refractivity contribution is 7.47. The predicted molar refractivity (Wildman–Crippen MR) is 414 cm³/mol. The quantitative estimate of drug-likeness (QED) is 0.0222. The number of hydrogen-bond donors (Lipinski definition) is 3. The maximum Gasteiger partial charge on any atom is 0.472 e. The zero-order valence-electron chi connectivity index (χ0n) is 66.2. The van der Waals surface area contributed by atoms with Gasteiger partial charge in [0.05, 0.1) is 26.4 Å². The van der Waals surface area contributed by atoms with Crippen molar-refractivity contribution in [2.24, 2.45) is 11.8 Å². The number of aliphatic hydroxyl groups excluding tert-OH is 1. The first-order valence-corrected chi connectivity index (χ1v) is 45.5. The minimum atomic E-state index is -4.96. The molecule has 17 nitrogen and oxygen atoms in total. The number of rotatable bonds is 81. The van der Waals surface area contributed by atoms with E-state index in [4.69, 9.17) is 37.0 Å². The zero-order chi connectivity index (χ0) is 74.2. The van der Waals surface area contributed by atoms with Gasteiger partial charge in [-0.15, -0.1) is 0 Å². The van der Waals surface area contributed by atoms with Gasteiger partial charge in [-0.3, -0.25) is 37.3 Å². The van der Waals surface area contributed by atoms with Crippen LogP contribution >= 0.6 is 15.6 Å². The average Bonchev–Trinajstić information content (AvgIpc) is 0.950. The van der Waals surface area contributed by atoms with E-state index in [1.54, 1.807) is 0 Å². The number of unbranched alkanes of at least 4 members (excludes halogenated alkanes) is 50. The first-order valence-electron chi connectivity index (χ1n) is 42.5. The zero-order valence-corrected chi connectivity index (χ0v) is 68.0.